The van der Waals surface area contributed by atoms with Gasteiger partial charge in [0.05, 0.1) is 0 Å². The fourth-order valence-electron chi connectivity index (χ4n) is 2.07. The summed E-state index contributed by atoms with van der Waals surface area (Å²) in [5.74, 6) is -2.86. The molecule has 2 fully saturated rings. The molecule has 6 heteroatoms. The molecule has 0 aromatic heterocycles. The van der Waals surface area contributed by atoms with Crippen molar-refractivity contribution in [3.05, 3.63) is 11.3 Å². The van der Waals surface area contributed by atoms with Crippen LogP contribution in [-0.2, 0) is 19.1 Å². The first-order valence-corrected chi connectivity index (χ1v) is 5.80. The Bertz CT molecular complexity index is 445. The van der Waals surface area contributed by atoms with Crippen molar-refractivity contribution < 1.29 is 19.1 Å². The number of esters is 2. The minimum Gasteiger partial charge on any atom is -0.419 e. The monoisotopic (exact) mass is 250 g/mol. The number of rotatable bonds is 1. The molecule has 2 saturated heterocycles. The number of ether oxygens (including phenoxy) is 2. The van der Waals surface area contributed by atoms with Crippen LogP contribution in [0.3, 0.4) is 0 Å². The molecule has 0 bridgehead atoms. The standard InChI is InChI=1S/C12H14N2O4/c1-12(2)17-10(15)9(11(16)18-12)8(7-13)14-5-3-4-6-14/h3-6H2,1-2H3. The van der Waals surface area contributed by atoms with E-state index < -0.39 is 17.7 Å². The second-order valence-electron chi connectivity index (χ2n) is 4.71. The lowest BCUT2D eigenvalue weighted by atomic mass is 10.1. The van der Waals surface area contributed by atoms with Crippen LogP contribution in [0.5, 0.6) is 0 Å². The lowest BCUT2D eigenvalue weighted by Crippen LogP contribution is -2.43. The predicted octanol–water partition coefficient (Wildman–Crippen LogP) is 0.696. The summed E-state index contributed by atoms with van der Waals surface area (Å²) in [6.45, 7) is 4.27. The van der Waals surface area contributed by atoms with Gasteiger partial charge in [-0.25, -0.2) is 9.59 Å². The van der Waals surface area contributed by atoms with Crippen LogP contribution in [0.2, 0.25) is 0 Å². The molecule has 2 heterocycles. The van der Waals surface area contributed by atoms with Gasteiger partial charge in [0.2, 0.25) is 0 Å². The topological polar surface area (TPSA) is 79.6 Å². The van der Waals surface area contributed by atoms with Gasteiger partial charge >= 0.3 is 11.9 Å². The first-order chi connectivity index (χ1) is 8.44. The Kier molecular flexibility index (Phi) is 2.99. The normalized spacial score (nSPS) is 22.3. The van der Waals surface area contributed by atoms with E-state index in [9.17, 15) is 9.59 Å². The van der Waals surface area contributed by atoms with Crippen LogP contribution in [0, 0.1) is 11.3 Å². The van der Waals surface area contributed by atoms with E-state index in [2.05, 4.69) is 0 Å². The Morgan fingerprint density at radius 2 is 1.72 bits per heavy atom. The minimum absolute atomic E-state index is 0.0537. The number of nitrogens with zero attached hydrogens (tertiary/aromatic N) is 2. The molecule has 2 rings (SSSR count). The van der Waals surface area contributed by atoms with E-state index in [1.807, 2.05) is 6.07 Å². The second kappa shape index (κ2) is 4.33. The Balaban J connectivity index is 2.38. The Morgan fingerprint density at radius 3 is 2.17 bits per heavy atom. The molecule has 6 nitrogen and oxygen atoms in total. The van der Waals surface area contributed by atoms with Crippen LogP contribution in [-0.4, -0.2) is 35.7 Å². The maximum atomic E-state index is 11.8. The summed E-state index contributed by atoms with van der Waals surface area (Å²) in [7, 11) is 0. The molecule has 96 valence electrons. The van der Waals surface area contributed by atoms with Crippen molar-refractivity contribution in [3.8, 4) is 6.07 Å². The fraction of sp³-hybridized carbons (Fsp3) is 0.583. The average molecular weight is 250 g/mol. The summed E-state index contributed by atoms with van der Waals surface area (Å²) in [5, 5.41) is 9.14. The molecule has 2 aliphatic heterocycles. The summed E-state index contributed by atoms with van der Waals surface area (Å²) in [4.78, 5) is 25.4. The largest absolute Gasteiger partial charge is 0.419 e. The van der Waals surface area contributed by atoms with Gasteiger partial charge in [0.25, 0.3) is 5.79 Å². The van der Waals surface area contributed by atoms with Crippen molar-refractivity contribution in [2.45, 2.75) is 32.5 Å². The van der Waals surface area contributed by atoms with E-state index in [-0.39, 0.29) is 11.3 Å². The van der Waals surface area contributed by atoms with Crippen molar-refractivity contribution in [1.82, 2.24) is 4.90 Å². The predicted molar refractivity (Wildman–Crippen MR) is 59.7 cm³/mol. The molecule has 0 aliphatic carbocycles. The highest BCUT2D eigenvalue weighted by Gasteiger charge is 2.42. The minimum atomic E-state index is -1.27. The lowest BCUT2D eigenvalue weighted by Gasteiger charge is -2.31. The zero-order chi connectivity index (χ0) is 13.3. The summed E-state index contributed by atoms with van der Waals surface area (Å²) in [5.41, 5.74) is -0.239. The van der Waals surface area contributed by atoms with Gasteiger partial charge in [0.15, 0.2) is 5.57 Å². The van der Waals surface area contributed by atoms with Gasteiger partial charge in [0.1, 0.15) is 11.8 Å². The molecule has 18 heavy (non-hydrogen) atoms. The number of allylic oxidation sites excluding steroid dienone is 1. The first-order valence-electron chi connectivity index (χ1n) is 5.80. The van der Waals surface area contributed by atoms with Crippen LogP contribution in [0.1, 0.15) is 26.7 Å². The highest BCUT2D eigenvalue weighted by atomic mass is 16.7. The van der Waals surface area contributed by atoms with E-state index in [1.54, 1.807) is 4.90 Å². The first kappa shape index (κ1) is 12.4. The molecule has 0 amide bonds. The third kappa shape index (κ3) is 2.16. The van der Waals surface area contributed by atoms with Crippen LogP contribution in [0.15, 0.2) is 11.3 Å². The van der Waals surface area contributed by atoms with Gasteiger partial charge in [-0.3, -0.25) is 0 Å². The molecule has 0 spiro atoms. The number of likely N-dealkylation sites (tertiary alicyclic amines) is 1. The molecule has 0 saturated carbocycles. The van der Waals surface area contributed by atoms with Crippen molar-refractivity contribution >= 4 is 11.9 Å². The van der Waals surface area contributed by atoms with Crippen molar-refractivity contribution in [1.29, 1.82) is 5.26 Å². The van der Waals surface area contributed by atoms with E-state index >= 15 is 0 Å². The number of cyclic esters (lactones) is 2. The van der Waals surface area contributed by atoms with E-state index in [0.717, 1.165) is 12.8 Å². The summed E-state index contributed by atoms with van der Waals surface area (Å²) in [6.07, 6.45) is 1.88. The second-order valence-corrected chi connectivity index (χ2v) is 4.71. The summed E-state index contributed by atoms with van der Waals surface area (Å²) < 4.78 is 9.96. The van der Waals surface area contributed by atoms with Crippen LogP contribution < -0.4 is 0 Å². The van der Waals surface area contributed by atoms with Crippen molar-refractivity contribution in [2.24, 2.45) is 0 Å². The van der Waals surface area contributed by atoms with Crippen LogP contribution in [0.25, 0.3) is 0 Å². The third-order valence-corrected chi connectivity index (χ3v) is 2.85. The molecule has 0 radical (unpaired) electrons. The van der Waals surface area contributed by atoms with Crippen molar-refractivity contribution in [3.63, 3.8) is 0 Å². The SMILES string of the molecule is CC1(C)OC(=O)C(=C(C#N)N2CCCC2)C(=O)O1. The van der Waals surface area contributed by atoms with E-state index in [0.29, 0.717) is 13.1 Å². The number of hydrogen-bond donors (Lipinski definition) is 0. The highest BCUT2D eigenvalue weighted by Crippen LogP contribution is 2.27. The molecule has 0 atom stereocenters. The average Bonchev–Trinajstić information content (AvgIpc) is 2.74. The van der Waals surface area contributed by atoms with Gasteiger partial charge in [-0.15, -0.1) is 0 Å². The number of carbonyl (C=O) groups is 2. The van der Waals surface area contributed by atoms with Gasteiger partial charge in [0, 0.05) is 26.9 Å². The Labute approximate surface area is 105 Å². The summed E-state index contributed by atoms with van der Waals surface area (Å²) in [6, 6.07) is 1.91. The fourth-order valence-corrected chi connectivity index (χ4v) is 2.07. The molecule has 0 N–H and O–H groups in total. The smallest absolute Gasteiger partial charge is 0.351 e. The summed E-state index contributed by atoms with van der Waals surface area (Å²) >= 11 is 0. The maximum Gasteiger partial charge on any atom is 0.351 e. The van der Waals surface area contributed by atoms with E-state index in [1.165, 1.54) is 13.8 Å². The molecule has 0 unspecified atom stereocenters. The van der Waals surface area contributed by atoms with Crippen LogP contribution >= 0.6 is 0 Å². The number of nitriles is 1. The third-order valence-electron chi connectivity index (χ3n) is 2.85. The van der Waals surface area contributed by atoms with Crippen LogP contribution in [0.4, 0.5) is 0 Å². The Hall–Kier alpha value is -2.03. The van der Waals surface area contributed by atoms with Gasteiger partial charge in [-0.2, -0.15) is 5.26 Å². The van der Waals surface area contributed by atoms with E-state index in [4.69, 9.17) is 14.7 Å². The number of carbonyl (C=O) groups excluding carboxylic acids is 2. The molecule has 0 aromatic rings. The quantitative estimate of drug-likeness (QED) is 0.295. The molecular formula is C12H14N2O4. The lowest BCUT2D eigenvalue weighted by molar-refractivity contribution is -0.222. The van der Waals surface area contributed by atoms with Crippen molar-refractivity contribution in [2.75, 3.05) is 13.1 Å². The van der Waals surface area contributed by atoms with Gasteiger partial charge in [-0.1, -0.05) is 0 Å². The molecule has 2 aliphatic rings. The number of hydrogen-bond acceptors (Lipinski definition) is 6. The maximum absolute atomic E-state index is 11.8. The molecule has 0 aromatic carbocycles. The molecular weight excluding hydrogens is 236 g/mol. The highest BCUT2D eigenvalue weighted by molar-refractivity contribution is 6.16. The van der Waals surface area contributed by atoms with Gasteiger partial charge < -0.3 is 14.4 Å². The Morgan fingerprint density at radius 1 is 1.22 bits per heavy atom. The van der Waals surface area contributed by atoms with Gasteiger partial charge in [-0.05, 0) is 12.8 Å². The zero-order valence-electron chi connectivity index (χ0n) is 10.4. The zero-order valence-corrected chi connectivity index (χ0v) is 10.4.